The van der Waals surface area contributed by atoms with Gasteiger partial charge in [-0.05, 0) is 51.8 Å². The number of esters is 1. The number of rotatable bonds is 7. The Morgan fingerprint density at radius 1 is 1.18 bits per heavy atom. The number of methoxy groups -OCH3 is 1. The van der Waals surface area contributed by atoms with Crippen molar-refractivity contribution in [1.29, 1.82) is 0 Å². The lowest BCUT2D eigenvalue weighted by atomic mass is 9.82. The summed E-state index contributed by atoms with van der Waals surface area (Å²) in [6, 6.07) is 3.58. The van der Waals surface area contributed by atoms with E-state index in [1.807, 2.05) is 20.8 Å². The fraction of sp³-hybridized carbons (Fsp3) is 0.571. The van der Waals surface area contributed by atoms with E-state index < -0.39 is 35.1 Å². The SMILES string of the molecule is COc1ccc(F)cc1C(=O)COC(=O)C1(CC(=O)NC(C)(C)C)CCCC1. The summed E-state index contributed by atoms with van der Waals surface area (Å²) >= 11 is 0. The Bertz CT molecular complexity index is 748. The molecule has 1 aliphatic rings. The van der Waals surface area contributed by atoms with Crippen LogP contribution in [0.3, 0.4) is 0 Å². The van der Waals surface area contributed by atoms with Gasteiger partial charge in [0.25, 0.3) is 0 Å². The van der Waals surface area contributed by atoms with Crippen LogP contribution in [0.1, 0.15) is 63.2 Å². The number of Topliss-reactive ketones (excluding diaryl/α,β-unsaturated/α-hetero) is 1. The van der Waals surface area contributed by atoms with E-state index in [2.05, 4.69) is 5.32 Å². The van der Waals surface area contributed by atoms with Gasteiger partial charge in [-0.25, -0.2) is 4.39 Å². The number of ketones is 1. The van der Waals surface area contributed by atoms with Crippen LogP contribution in [0.15, 0.2) is 18.2 Å². The molecular weight excluding hydrogens is 365 g/mol. The fourth-order valence-corrected chi connectivity index (χ4v) is 3.53. The minimum Gasteiger partial charge on any atom is -0.496 e. The smallest absolute Gasteiger partial charge is 0.313 e. The molecule has 1 N–H and O–H groups in total. The van der Waals surface area contributed by atoms with Crippen molar-refractivity contribution in [3.05, 3.63) is 29.6 Å². The second-order valence-corrected chi connectivity index (χ2v) is 8.31. The molecule has 0 spiro atoms. The number of carbonyl (C=O) groups excluding carboxylic acids is 3. The minimum atomic E-state index is -0.915. The Morgan fingerprint density at radius 3 is 2.39 bits per heavy atom. The lowest BCUT2D eigenvalue weighted by Crippen LogP contribution is -2.44. The van der Waals surface area contributed by atoms with Crippen LogP contribution in [0.25, 0.3) is 0 Å². The predicted molar refractivity (Wildman–Crippen MR) is 102 cm³/mol. The molecule has 2 rings (SSSR count). The molecule has 0 bridgehead atoms. The number of halogens is 1. The number of hydrogen-bond donors (Lipinski definition) is 1. The number of hydrogen-bond acceptors (Lipinski definition) is 5. The van der Waals surface area contributed by atoms with E-state index in [4.69, 9.17) is 9.47 Å². The zero-order valence-electron chi connectivity index (χ0n) is 16.9. The normalized spacial score (nSPS) is 15.8. The second kappa shape index (κ2) is 8.71. The summed E-state index contributed by atoms with van der Waals surface area (Å²) in [5.41, 5.74) is -1.30. The van der Waals surface area contributed by atoms with Gasteiger partial charge in [0, 0.05) is 12.0 Å². The Labute approximate surface area is 164 Å². The first kappa shape index (κ1) is 21.9. The Morgan fingerprint density at radius 2 is 1.82 bits per heavy atom. The molecular formula is C21H28FNO5. The van der Waals surface area contributed by atoms with Crippen molar-refractivity contribution in [2.75, 3.05) is 13.7 Å². The molecule has 1 aromatic rings. The highest BCUT2D eigenvalue weighted by atomic mass is 19.1. The molecule has 0 aliphatic heterocycles. The average molecular weight is 393 g/mol. The van der Waals surface area contributed by atoms with E-state index in [9.17, 15) is 18.8 Å². The van der Waals surface area contributed by atoms with Crippen LogP contribution >= 0.6 is 0 Å². The molecule has 0 atom stereocenters. The Balaban J connectivity index is 2.06. The molecule has 0 heterocycles. The van der Waals surface area contributed by atoms with Gasteiger partial charge in [-0.3, -0.25) is 14.4 Å². The van der Waals surface area contributed by atoms with Crippen LogP contribution in [-0.4, -0.2) is 36.9 Å². The first-order valence-corrected chi connectivity index (χ1v) is 9.41. The van der Waals surface area contributed by atoms with Crippen LogP contribution < -0.4 is 10.1 Å². The van der Waals surface area contributed by atoms with Crippen LogP contribution in [0, 0.1) is 11.2 Å². The maximum absolute atomic E-state index is 13.5. The van der Waals surface area contributed by atoms with Crippen LogP contribution in [-0.2, 0) is 14.3 Å². The van der Waals surface area contributed by atoms with Gasteiger partial charge in [0.2, 0.25) is 11.7 Å². The summed E-state index contributed by atoms with van der Waals surface area (Å²) in [5.74, 6) is -1.71. The van der Waals surface area contributed by atoms with Crippen molar-refractivity contribution < 1.29 is 28.2 Å². The molecule has 0 unspecified atom stereocenters. The number of amides is 1. The summed E-state index contributed by atoms with van der Waals surface area (Å²) in [6.45, 7) is 5.09. The molecule has 1 aromatic carbocycles. The highest BCUT2D eigenvalue weighted by molar-refractivity contribution is 6.00. The van der Waals surface area contributed by atoms with Crippen LogP contribution in [0.4, 0.5) is 4.39 Å². The van der Waals surface area contributed by atoms with Crippen molar-refractivity contribution in [3.8, 4) is 5.75 Å². The molecule has 0 radical (unpaired) electrons. The monoisotopic (exact) mass is 393 g/mol. The van der Waals surface area contributed by atoms with Crippen molar-refractivity contribution in [2.45, 2.75) is 58.4 Å². The second-order valence-electron chi connectivity index (χ2n) is 8.31. The van der Waals surface area contributed by atoms with Crippen molar-refractivity contribution in [3.63, 3.8) is 0 Å². The van der Waals surface area contributed by atoms with Crippen molar-refractivity contribution >= 4 is 17.7 Å². The predicted octanol–water partition coefficient (Wildman–Crippen LogP) is 3.43. The van der Waals surface area contributed by atoms with E-state index in [0.29, 0.717) is 12.8 Å². The highest BCUT2D eigenvalue weighted by Gasteiger charge is 2.44. The van der Waals surface area contributed by atoms with Crippen molar-refractivity contribution in [1.82, 2.24) is 5.32 Å². The highest BCUT2D eigenvalue weighted by Crippen LogP contribution is 2.42. The number of carbonyl (C=O) groups is 3. The molecule has 7 heteroatoms. The zero-order chi connectivity index (χ0) is 20.9. The summed E-state index contributed by atoms with van der Waals surface area (Å²) < 4.78 is 23.8. The standard InChI is InChI=1S/C21H28FNO5/c1-20(2,3)23-18(25)12-21(9-5-6-10-21)19(26)28-13-16(24)15-11-14(22)7-8-17(15)27-4/h7-8,11H,5-6,9-10,12-13H2,1-4H3,(H,23,25). The fourth-order valence-electron chi connectivity index (χ4n) is 3.53. The molecule has 1 amide bonds. The van der Waals surface area contributed by atoms with Gasteiger partial charge in [0.1, 0.15) is 11.6 Å². The molecule has 28 heavy (non-hydrogen) atoms. The first-order valence-electron chi connectivity index (χ1n) is 9.41. The summed E-state index contributed by atoms with van der Waals surface area (Å²) in [6.07, 6.45) is 2.76. The third-order valence-electron chi connectivity index (χ3n) is 4.80. The molecule has 1 aliphatic carbocycles. The first-order chi connectivity index (χ1) is 13.1. The maximum atomic E-state index is 13.5. The third kappa shape index (κ3) is 5.53. The molecule has 1 fully saturated rings. The van der Waals surface area contributed by atoms with Gasteiger partial charge in [0.15, 0.2) is 6.61 Å². The average Bonchev–Trinajstić information content (AvgIpc) is 3.07. The maximum Gasteiger partial charge on any atom is 0.313 e. The third-order valence-corrected chi connectivity index (χ3v) is 4.80. The number of benzene rings is 1. The minimum absolute atomic E-state index is 0.0150. The van der Waals surface area contributed by atoms with Gasteiger partial charge >= 0.3 is 5.97 Å². The molecule has 1 saturated carbocycles. The van der Waals surface area contributed by atoms with E-state index in [-0.39, 0.29) is 23.6 Å². The van der Waals surface area contributed by atoms with E-state index >= 15 is 0 Å². The largest absolute Gasteiger partial charge is 0.496 e. The number of ether oxygens (including phenoxy) is 2. The van der Waals surface area contributed by atoms with Gasteiger partial charge in [-0.2, -0.15) is 0 Å². The Hall–Kier alpha value is -2.44. The molecule has 6 nitrogen and oxygen atoms in total. The summed E-state index contributed by atoms with van der Waals surface area (Å²) in [7, 11) is 1.37. The van der Waals surface area contributed by atoms with Gasteiger partial charge in [0.05, 0.1) is 18.1 Å². The lowest BCUT2D eigenvalue weighted by Gasteiger charge is -2.28. The number of nitrogens with one attached hydrogen (secondary N) is 1. The van der Waals surface area contributed by atoms with Crippen LogP contribution in [0.2, 0.25) is 0 Å². The van der Waals surface area contributed by atoms with E-state index in [0.717, 1.165) is 18.9 Å². The quantitative estimate of drug-likeness (QED) is 0.567. The molecule has 0 aromatic heterocycles. The van der Waals surface area contributed by atoms with Crippen molar-refractivity contribution in [2.24, 2.45) is 5.41 Å². The van der Waals surface area contributed by atoms with Gasteiger partial charge in [-0.15, -0.1) is 0 Å². The Kier molecular flexibility index (Phi) is 6.80. The lowest BCUT2D eigenvalue weighted by molar-refractivity contribution is -0.157. The zero-order valence-corrected chi connectivity index (χ0v) is 16.9. The molecule has 154 valence electrons. The molecule has 0 saturated heterocycles. The summed E-state index contributed by atoms with van der Waals surface area (Å²) in [4.78, 5) is 37.5. The van der Waals surface area contributed by atoms with Gasteiger partial charge in [-0.1, -0.05) is 12.8 Å². The van der Waals surface area contributed by atoms with E-state index in [1.165, 1.54) is 19.2 Å². The van der Waals surface area contributed by atoms with E-state index in [1.54, 1.807) is 0 Å². The topological polar surface area (TPSA) is 81.7 Å². The van der Waals surface area contributed by atoms with Crippen LogP contribution in [0.5, 0.6) is 5.75 Å². The summed E-state index contributed by atoms with van der Waals surface area (Å²) in [5, 5.41) is 2.87. The van der Waals surface area contributed by atoms with Gasteiger partial charge < -0.3 is 14.8 Å².